The van der Waals surface area contributed by atoms with Crippen LogP contribution in [0.1, 0.15) is 48.4 Å². The van der Waals surface area contributed by atoms with Gasteiger partial charge in [-0.25, -0.2) is 13.9 Å². The zero-order valence-corrected chi connectivity index (χ0v) is 12.3. The molecule has 0 bridgehead atoms. The molecule has 0 saturated carbocycles. The van der Waals surface area contributed by atoms with Crippen molar-refractivity contribution in [3.8, 4) is 0 Å². The highest BCUT2D eigenvalue weighted by Crippen LogP contribution is 2.19. The van der Waals surface area contributed by atoms with Crippen LogP contribution in [0.3, 0.4) is 0 Å². The minimum absolute atomic E-state index is 0.0490. The van der Waals surface area contributed by atoms with E-state index >= 15 is 0 Å². The Hall–Kier alpha value is -2.24. The summed E-state index contributed by atoms with van der Waals surface area (Å²) in [6, 6.07) is 6.27. The van der Waals surface area contributed by atoms with E-state index in [-0.39, 0.29) is 24.0 Å². The summed E-state index contributed by atoms with van der Waals surface area (Å²) < 4.78 is 19.8. The van der Waals surface area contributed by atoms with E-state index in [1.807, 2.05) is 13.8 Å². The number of hydrogen-bond acceptors (Lipinski definition) is 4. The Balaban J connectivity index is 2.34. The molecule has 0 radical (unpaired) electrons. The SMILES string of the molecule is CCOC(=O)c1nnn(Cc2cccc(F)c2)c1C(C)C. The second kappa shape index (κ2) is 6.47. The smallest absolute Gasteiger partial charge is 0.360 e. The average molecular weight is 291 g/mol. The fourth-order valence-corrected chi connectivity index (χ4v) is 2.16. The van der Waals surface area contributed by atoms with E-state index in [1.165, 1.54) is 12.1 Å². The van der Waals surface area contributed by atoms with Crippen LogP contribution < -0.4 is 0 Å². The second-order valence-corrected chi connectivity index (χ2v) is 4.99. The molecule has 1 heterocycles. The number of benzene rings is 1. The standard InChI is InChI=1S/C15H18FN3O2/c1-4-21-15(20)13-14(10(2)3)19(18-17-13)9-11-6-5-7-12(16)8-11/h5-8,10H,4,9H2,1-3H3. The van der Waals surface area contributed by atoms with Crippen LogP contribution in [-0.4, -0.2) is 27.6 Å². The Morgan fingerprint density at radius 3 is 2.81 bits per heavy atom. The molecular formula is C15H18FN3O2. The van der Waals surface area contributed by atoms with Gasteiger partial charge < -0.3 is 4.74 Å². The van der Waals surface area contributed by atoms with Crippen LogP contribution in [0.2, 0.25) is 0 Å². The maximum absolute atomic E-state index is 13.2. The molecule has 5 nitrogen and oxygen atoms in total. The van der Waals surface area contributed by atoms with Gasteiger partial charge in [0.2, 0.25) is 0 Å². The minimum Gasteiger partial charge on any atom is -0.461 e. The topological polar surface area (TPSA) is 57.0 Å². The van der Waals surface area contributed by atoms with Crippen molar-refractivity contribution in [1.82, 2.24) is 15.0 Å². The minimum atomic E-state index is -0.480. The quantitative estimate of drug-likeness (QED) is 0.795. The van der Waals surface area contributed by atoms with Gasteiger partial charge in [-0.05, 0) is 30.5 Å². The monoisotopic (exact) mass is 291 g/mol. The number of esters is 1. The zero-order valence-electron chi connectivity index (χ0n) is 12.3. The number of nitrogens with zero attached hydrogens (tertiary/aromatic N) is 3. The molecule has 1 aromatic heterocycles. The van der Waals surface area contributed by atoms with Crippen molar-refractivity contribution in [2.45, 2.75) is 33.2 Å². The first-order valence-electron chi connectivity index (χ1n) is 6.87. The zero-order chi connectivity index (χ0) is 15.4. The number of ether oxygens (including phenoxy) is 1. The number of aromatic nitrogens is 3. The van der Waals surface area contributed by atoms with Crippen molar-refractivity contribution in [2.75, 3.05) is 6.61 Å². The maximum Gasteiger partial charge on any atom is 0.360 e. The van der Waals surface area contributed by atoms with Crippen LogP contribution in [0.5, 0.6) is 0 Å². The number of rotatable bonds is 5. The molecule has 0 aliphatic rings. The Labute approximate surface area is 122 Å². The van der Waals surface area contributed by atoms with Crippen LogP contribution in [0.4, 0.5) is 4.39 Å². The lowest BCUT2D eigenvalue weighted by Gasteiger charge is -2.10. The van der Waals surface area contributed by atoms with Crippen molar-refractivity contribution < 1.29 is 13.9 Å². The lowest BCUT2D eigenvalue weighted by Crippen LogP contribution is -2.13. The Bertz CT molecular complexity index is 638. The second-order valence-electron chi connectivity index (χ2n) is 4.99. The molecule has 0 atom stereocenters. The predicted molar refractivity (Wildman–Crippen MR) is 75.6 cm³/mol. The number of carbonyl (C=O) groups is 1. The molecule has 21 heavy (non-hydrogen) atoms. The molecule has 0 aliphatic carbocycles. The van der Waals surface area contributed by atoms with Crippen molar-refractivity contribution in [2.24, 2.45) is 0 Å². The third-order valence-corrected chi connectivity index (χ3v) is 3.01. The predicted octanol–water partition coefficient (Wildman–Crippen LogP) is 2.77. The molecule has 2 aromatic rings. The number of carbonyl (C=O) groups excluding carboxylic acids is 1. The number of halogens is 1. The normalized spacial score (nSPS) is 10.9. The summed E-state index contributed by atoms with van der Waals surface area (Å²) >= 11 is 0. The van der Waals surface area contributed by atoms with E-state index < -0.39 is 5.97 Å². The number of hydrogen-bond donors (Lipinski definition) is 0. The van der Waals surface area contributed by atoms with E-state index in [9.17, 15) is 9.18 Å². The highest BCUT2D eigenvalue weighted by molar-refractivity contribution is 5.88. The molecule has 0 aliphatic heterocycles. The Morgan fingerprint density at radius 2 is 2.19 bits per heavy atom. The van der Waals surface area contributed by atoms with Crippen molar-refractivity contribution in [1.29, 1.82) is 0 Å². The van der Waals surface area contributed by atoms with Gasteiger partial charge in [-0.3, -0.25) is 0 Å². The average Bonchev–Trinajstić information content (AvgIpc) is 2.83. The highest BCUT2D eigenvalue weighted by atomic mass is 19.1. The maximum atomic E-state index is 13.2. The third kappa shape index (κ3) is 3.45. The van der Waals surface area contributed by atoms with Crippen molar-refractivity contribution >= 4 is 5.97 Å². The van der Waals surface area contributed by atoms with Crippen molar-refractivity contribution in [3.05, 3.63) is 47.0 Å². The van der Waals surface area contributed by atoms with Crippen LogP contribution in [0.25, 0.3) is 0 Å². The van der Waals surface area contributed by atoms with Gasteiger partial charge >= 0.3 is 5.97 Å². The fourth-order valence-electron chi connectivity index (χ4n) is 2.16. The van der Waals surface area contributed by atoms with E-state index in [4.69, 9.17) is 4.74 Å². The van der Waals surface area contributed by atoms with Crippen LogP contribution in [0, 0.1) is 5.82 Å². The molecule has 6 heteroatoms. The van der Waals surface area contributed by atoms with Gasteiger partial charge in [0.05, 0.1) is 18.8 Å². The van der Waals surface area contributed by atoms with Gasteiger partial charge in [-0.2, -0.15) is 0 Å². The van der Waals surface area contributed by atoms with E-state index in [0.29, 0.717) is 12.2 Å². The molecule has 2 rings (SSSR count). The summed E-state index contributed by atoms with van der Waals surface area (Å²) in [5.74, 6) is -0.732. The Kier molecular flexibility index (Phi) is 4.67. The lowest BCUT2D eigenvalue weighted by molar-refractivity contribution is 0.0517. The van der Waals surface area contributed by atoms with Gasteiger partial charge in [0.1, 0.15) is 5.82 Å². The van der Waals surface area contributed by atoms with Gasteiger partial charge in [0.15, 0.2) is 5.69 Å². The summed E-state index contributed by atoms with van der Waals surface area (Å²) in [7, 11) is 0. The van der Waals surface area contributed by atoms with Gasteiger partial charge in [0, 0.05) is 0 Å². The summed E-state index contributed by atoms with van der Waals surface area (Å²) in [5, 5.41) is 7.93. The molecule has 0 N–H and O–H groups in total. The van der Waals surface area contributed by atoms with Crippen LogP contribution in [-0.2, 0) is 11.3 Å². The van der Waals surface area contributed by atoms with E-state index in [0.717, 1.165) is 5.56 Å². The lowest BCUT2D eigenvalue weighted by atomic mass is 10.1. The van der Waals surface area contributed by atoms with Crippen molar-refractivity contribution in [3.63, 3.8) is 0 Å². The summed E-state index contributed by atoms with van der Waals surface area (Å²) in [6.45, 7) is 6.28. The van der Waals surface area contributed by atoms with Gasteiger partial charge in [-0.1, -0.05) is 31.2 Å². The van der Waals surface area contributed by atoms with Crippen LogP contribution >= 0.6 is 0 Å². The molecule has 0 unspecified atom stereocenters. The first kappa shape index (κ1) is 15.2. The molecule has 1 aromatic carbocycles. The van der Waals surface area contributed by atoms with Gasteiger partial charge in [-0.15, -0.1) is 5.10 Å². The summed E-state index contributed by atoms with van der Waals surface area (Å²) in [5.41, 5.74) is 1.68. The molecule has 0 amide bonds. The van der Waals surface area contributed by atoms with Crippen LogP contribution in [0.15, 0.2) is 24.3 Å². The highest BCUT2D eigenvalue weighted by Gasteiger charge is 2.23. The largest absolute Gasteiger partial charge is 0.461 e. The van der Waals surface area contributed by atoms with E-state index in [2.05, 4.69) is 10.3 Å². The molecule has 0 spiro atoms. The summed E-state index contributed by atoms with van der Waals surface area (Å²) in [6.07, 6.45) is 0. The molecule has 0 saturated heterocycles. The Morgan fingerprint density at radius 1 is 1.43 bits per heavy atom. The fraction of sp³-hybridized carbons (Fsp3) is 0.400. The third-order valence-electron chi connectivity index (χ3n) is 3.01. The van der Waals surface area contributed by atoms with E-state index in [1.54, 1.807) is 23.7 Å². The first-order chi connectivity index (χ1) is 10.0. The molecule has 0 fully saturated rings. The molecule has 112 valence electrons. The first-order valence-corrected chi connectivity index (χ1v) is 6.87. The van der Waals surface area contributed by atoms with Gasteiger partial charge in [0.25, 0.3) is 0 Å². The molecular weight excluding hydrogens is 273 g/mol. The summed E-state index contributed by atoms with van der Waals surface area (Å²) in [4.78, 5) is 11.9.